The van der Waals surface area contributed by atoms with Crippen molar-refractivity contribution in [1.29, 1.82) is 0 Å². The molecular formula is C50H72N2O6. The summed E-state index contributed by atoms with van der Waals surface area (Å²) in [5.74, 6) is 1.42. The Kier molecular flexibility index (Phi) is 22.0. The molecule has 0 N–H and O–H groups in total. The summed E-state index contributed by atoms with van der Waals surface area (Å²) in [6.45, 7) is 7.58. The van der Waals surface area contributed by atoms with E-state index in [1.54, 1.807) is 14.2 Å². The summed E-state index contributed by atoms with van der Waals surface area (Å²) < 4.78 is 22.9. The molecular weight excluding hydrogens is 725 g/mol. The number of methoxy groups -OCH3 is 2. The van der Waals surface area contributed by atoms with Crippen LogP contribution in [0.25, 0.3) is 0 Å². The third-order valence-electron chi connectivity index (χ3n) is 11.5. The van der Waals surface area contributed by atoms with Crippen LogP contribution in [0.3, 0.4) is 0 Å². The van der Waals surface area contributed by atoms with Gasteiger partial charge in [0.1, 0.15) is 23.7 Å². The molecule has 4 rings (SSSR count). The first-order valence-corrected chi connectivity index (χ1v) is 22.5. The molecule has 0 heterocycles. The van der Waals surface area contributed by atoms with Crippen LogP contribution in [-0.2, 0) is 19.1 Å². The molecule has 0 amide bonds. The first-order chi connectivity index (χ1) is 28.4. The molecule has 2 aromatic carbocycles. The number of benzene rings is 2. The summed E-state index contributed by atoms with van der Waals surface area (Å²) in [5.41, 5.74) is 3.66. The Bertz CT molecular complexity index is 1430. The minimum Gasteiger partial charge on any atom is -0.497 e. The predicted molar refractivity (Wildman–Crippen MR) is 238 cm³/mol. The summed E-state index contributed by atoms with van der Waals surface area (Å²) in [5, 5.41) is 0. The van der Waals surface area contributed by atoms with E-state index < -0.39 is 0 Å². The van der Waals surface area contributed by atoms with Gasteiger partial charge in [-0.05, 0) is 138 Å². The Morgan fingerprint density at radius 2 is 0.845 bits per heavy atom. The lowest BCUT2D eigenvalue weighted by atomic mass is 9.91. The first kappa shape index (κ1) is 46.5. The number of carbonyl (C=O) groups is 2. The van der Waals surface area contributed by atoms with Gasteiger partial charge < -0.3 is 18.9 Å². The maximum absolute atomic E-state index is 12.7. The largest absolute Gasteiger partial charge is 0.497 e. The number of carbonyl (C=O) groups excluding carboxylic acids is 2. The van der Waals surface area contributed by atoms with Gasteiger partial charge in [0.25, 0.3) is 0 Å². The molecule has 2 aliphatic carbocycles. The number of unbranched alkanes of at least 4 members (excludes halogenated alkanes) is 12. The van der Waals surface area contributed by atoms with Gasteiger partial charge in [0.2, 0.25) is 0 Å². The lowest BCUT2D eigenvalue weighted by molar-refractivity contribution is -0.151. The monoisotopic (exact) mass is 797 g/mol. The zero-order valence-corrected chi connectivity index (χ0v) is 35.8. The minimum absolute atomic E-state index is 0.0567. The van der Waals surface area contributed by atoms with Crippen LogP contribution in [0.2, 0.25) is 0 Å². The second-order valence-electron chi connectivity index (χ2n) is 16.2. The fraction of sp³-hybridized carbons (Fsp3) is 0.600. The summed E-state index contributed by atoms with van der Waals surface area (Å²) in [6.07, 6.45) is 27.1. The number of hydrogen-bond donors (Lipinski definition) is 0. The first-order valence-electron chi connectivity index (χ1n) is 22.5. The predicted octanol–water partition coefficient (Wildman–Crippen LogP) is 12.3. The van der Waals surface area contributed by atoms with Gasteiger partial charge in [-0.3, -0.25) is 19.6 Å². The molecule has 0 aliphatic heterocycles. The number of esters is 2. The topological polar surface area (TPSA) is 95.8 Å². The standard InChI is InChI=1S/C50H72N2O6/c1-5-7-9-11-13-15-17-19-21-47(53)57-45-35-27-41(28-36-45)51-49(39-23-31-43(55-3)32-24-39)50(40-25-33-44(56-4)34-26-40)52-42-29-37-46(38-30-42)58-48(54)22-20-18-16-14-12-10-8-6-2/h5-6,23-26,31-34,41-42,45-46H,1-2,7-22,27-30,35-38H2,3-4H3. The van der Waals surface area contributed by atoms with E-state index >= 15 is 0 Å². The highest BCUT2D eigenvalue weighted by Gasteiger charge is 2.28. The van der Waals surface area contributed by atoms with Gasteiger partial charge in [-0.1, -0.05) is 63.5 Å². The highest BCUT2D eigenvalue weighted by Crippen LogP contribution is 2.29. The highest BCUT2D eigenvalue weighted by molar-refractivity contribution is 6.53. The molecule has 0 spiro atoms. The Morgan fingerprint density at radius 3 is 1.17 bits per heavy atom. The Morgan fingerprint density at radius 1 is 0.517 bits per heavy atom. The second-order valence-corrected chi connectivity index (χ2v) is 16.2. The zero-order chi connectivity index (χ0) is 41.2. The van der Waals surface area contributed by atoms with Crippen LogP contribution in [0.1, 0.15) is 165 Å². The average Bonchev–Trinajstić information content (AvgIpc) is 3.25. The van der Waals surface area contributed by atoms with Gasteiger partial charge in [-0.25, -0.2) is 0 Å². The van der Waals surface area contributed by atoms with Crippen LogP contribution in [0.5, 0.6) is 11.5 Å². The zero-order valence-electron chi connectivity index (χ0n) is 35.8. The maximum Gasteiger partial charge on any atom is 0.306 e. The van der Waals surface area contributed by atoms with E-state index in [0.29, 0.717) is 12.8 Å². The summed E-state index contributed by atoms with van der Waals surface area (Å²) in [7, 11) is 3.35. The smallest absolute Gasteiger partial charge is 0.306 e. The van der Waals surface area contributed by atoms with E-state index in [2.05, 4.69) is 37.4 Å². The quantitative estimate of drug-likeness (QED) is 0.0387. The third kappa shape index (κ3) is 17.3. The molecule has 2 fully saturated rings. The van der Waals surface area contributed by atoms with E-state index in [4.69, 9.17) is 28.9 Å². The lowest BCUT2D eigenvalue weighted by Gasteiger charge is -2.28. The van der Waals surface area contributed by atoms with Crippen LogP contribution < -0.4 is 9.47 Å². The average molecular weight is 797 g/mol. The van der Waals surface area contributed by atoms with Crippen molar-refractivity contribution in [1.82, 2.24) is 0 Å². The SMILES string of the molecule is C=CCCCCCCCCC(=O)OC1CCC(N=C(C(=NC2CCC(OC(=O)CCCCCCCCC=C)CC2)c2ccc(OC)cc2)c2ccc(OC)cc2)CC1. The number of aliphatic imine (C=N–C) groups is 2. The molecule has 318 valence electrons. The fourth-order valence-electron chi connectivity index (χ4n) is 8.01. The van der Waals surface area contributed by atoms with Crippen LogP contribution in [0.4, 0.5) is 0 Å². The van der Waals surface area contributed by atoms with E-state index in [-0.39, 0.29) is 36.2 Å². The van der Waals surface area contributed by atoms with Gasteiger partial charge in [-0.15, -0.1) is 13.2 Å². The van der Waals surface area contributed by atoms with E-state index in [1.165, 1.54) is 51.4 Å². The van der Waals surface area contributed by atoms with Crippen molar-refractivity contribution >= 4 is 23.4 Å². The number of ether oxygens (including phenoxy) is 4. The molecule has 8 nitrogen and oxygen atoms in total. The second kappa shape index (κ2) is 27.5. The number of hydrogen-bond acceptors (Lipinski definition) is 8. The van der Waals surface area contributed by atoms with Crippen molar-refractivity contribution in [3.8, 4) is 11.5 Å². The molecule has 2 aliphatic rings. The van der Waals surface area contributed by atoms with Crippen molar-refractivity contribution in [3.63, 3.8) is 0 Å². The van der Waals surface area contributed by atoms with Gasteiger partial charge in [0.05, 0.1) is 37.7 Å². The van der Waals surface area contributed by atoms with Crippen molar-refractivity contribution in [2.45, 2.75) is 178 Å². The van der Waals surface area contributed by atoms with Crippen LogP contribution in [0, 0.1) is 0 Å². The number of nitrogens with zero attached hydrogens (tertiary/aromatic N) is 2. The Hall–Kier alpha value is -4.20. The van der Waals surface area contributed by atoms with Gasteiger partial charge in [-0.2, -0.15) is 0 Å². The molecule has 2 aromatic rings. The van der Waals surface area contributed by atoms with Crippen LogP contribution >= 0.6 is 0 Å². The molecule has 2 saturated carbocycles. The fourth-order valence-corrected chi connectivity index (χ4v) is 8.01. The summed E-state index contributed by atoms with van der Waals surface area (Å²) in [4.78, 5) is 36.4. The molecule has 0 radical (unpaired) electrons. The molecule has 0 bridgehead atoms. The van der Waals surface area contributed by atoms with Crippen molar-refractivity contribution in [2.75, 3.05) is 14.2 Å². The summed E-state index contributed by atoms with van der Waals surface area (Å²) >= 11 is 0. The third-order valence-corrected chi connectivity index (χ3v) is 11.5. The molecule has 8 heteroatoms. The van der Waals surface area contributed by atoms with E-state index in [0.717, 1.165) is 124 Å². The number of allylic oxidation sites excluding steroid dienone is 2. The van der Waals surface area contributed by atoms with Crippen molar-refractivity contribution < 1.29 is 28.5 Å². The van der Waals surface area contributed by atoms with Gasteiger partial charge in [0.15, 0.2) is 0 Å². The summed E-state index contributed by atoms with van der Waals surface area (Å²) in [6, 6.07) is 16.3. The van der Waals surface area contributed by atoms with Crippen LogP contribution in [-0.4, -0.2) is 61.9 Å². The van der Waals surface area contributed by atoms with Crippen LogP contribution in [0.15, 0.2) is 83.8 Å². The maximum atomic E-state index is 12.7. The minimum atomic E-state index is -0.0722. The van der Waals surface area contributed by atoms with Gasteiger partial charge in [0, 0.05) is 24.0 Å². The molecule has 58 heavy (non-hydrogen) atoms. The van der Waals surface area contributed by atoms with E-state index in [1.807, 2.05) is 36.4 Å². The highest BCUT2D eigenvalue weighted by atomic mass is 16.5. The van der Waals surface area contributed by atoms with Gasteiger partial charge >= 0.3 is 11.9 Å². The van der Waals surface area contributed by atoms with Crippen molar-refractivity contribution in [2.24, 2.45) is 9.98 Å². The normalized spacial score (nSPS) is 19.9. The Balaban J connectivity index is 1.39. The Labute approximate surface area is 350 Å². The molecule has 0 atom stereocenters. The molecule has 0 aromatic heterocycles. The van der Waals surface area contributed by atoms with Crippen molar-refractivity contribution in [3.05, 3.63) is 85.0 Å². The molecule has 0 unspecified atom stereocenters. The molecule has 0 saturated heterocycles. The lowest BCUT2D eigenvalue weighted by Crippen LogP contribution is -2.30. The van der Waals surface area contributed by atoms with E-state index in [9.17, 15) is 9.59 Å². The number of rotatable bonds is 27.